The van der Waals surface area contributed by atoms with Crippen molar-refractivity contribution in [1.29, 1.82) is 0 Å². The molecule has 138 valence electrons. The number of nitrogens with zero attached hydrogens (tertiary/aromatic N) is 1. The van der Waals surface area contributed by atoms with Crippen LogP contribution in [0.1, 0.15) is 24.2 Å². The van der Waals surface area contributed by atoms with Gasteiger partial charge in [-0.15, -0.1) is 0 Å². The average Bonchev–Trinajstić information content (AvgIpc) is 2.69. The lowest BCUT2D eigenvalue weighted by atomic mass is 10.2. The first-order chi connectivity index (χ1) is 12.7. The Morgan fingerprint density at radius 3 is 2.50 bits per heavy atom. The van der Waals surface area contributed by atoms with Crippen LogP contribution < -0.4 is 19.9 Å². The molecule has 1 heterocycles. The molecule has 3 rings (SSSR count). The second kappa shape index (κ2) is 8.72. The lowest BCUT2D eigenvalue weighted by Crippen LogP contribution is -3.14. The third kappa shape index (κ3) is 4.55. The van der Waals surface area contributed by atoms with Gasteiger partial charge in [-0.05, 0) is 56.3 Å². The van der Waals surface area contributed by atoms with Gasteiger partial charge in [-0.1, -0.05) is 6.07 Å². The van der Waals surface area contributed by atoms with E-state index in [2.05, 4.69) is 29.3 Å². The van der Waals surface area contributed by atoms with Crippen LogP contribution in [0.5, 0.6) is 5.75 Å². The molecule has 0 unspecified atom stereocenters. The van der Waals surface area contributed by atoms with Gasteiger partial charge < -0.3 is 19.9 Å². The van der Waals surface area contributed by atoms with E-state index in [1.807, 2.05) is 31.2 Å². The Morgan fingerprint density at radius 1 is 1.12 bits per heavy atom. The van der Waals surface area contributed by atoms with Crippen molar-refractivity contribution in [2.45, 2.75) is 13.8 Å². The van der Waals surface area contributed by atoms with E-state index in [1.54, 1.807) is 17.0 Å². The molecule has 0 aliphatic carbocycles. The number of carbonyl (C=O) groups excluding carboxylic acids is 1. The zero-order valence-corrected chi connectivity index (χ0v) is 15.6. The molecule has 1 fully saturated rings. The first-order valence-corrected chi connectivity index (χ1v) is 9.42. The van der Waals surface area contributed by atoms with Crippen molar-refractivity contribution in [1.82, 2.24) is 0 Å². The minimum absolute atomic E-state index is 0.125. The van der Waals surface area contributed by atoms with Gasteiger partial charge in [-0.2, -0.15) is 0 Å². The first kappa shape index (κ1) is 18.3. The lowest BCUT2D eigenvalue weighted by Gasteiger charge is -2.33. The Kier molecular flexibility index (Phi) is 6.12. The van der Waals surface area contributed by atoms with Crippen LogP contribution in [-0.2, 0) is 0 Å². The van der Waals surface area contributed by atoms with Gasteiger partial charge in [0.1, 0.15) is 5.75 Å². The highest BCUT2D eigenvalue weighted by molar-refractivity contribution is 6.04. The van der Waals surface area contributed by atoms with E-state index in [4.69, 9.17) is 4.74 Å². The van der Waals surface area contributed by atoms with Crippen LogP contribution in [-0.4, -0.2) is 45.2 Å². The molecule has 2 aromatic carbocycles. The summed E-state index contributed by atoms with van der Waals surface area (Å²) in [6, 6.07) is 15.4. The van der Waals surface area contributed by atoms with Crippen molar-refractivity contribution < 1.29 is 14.4 Å². The number of anilines is 2. The Bertz CT molecular complexity index is 722. The van der Waals surface area contributed by atoms with Crippen molar-refractivity contribution in [3.8, 4) is 5.75 Å². The molecular weight excluding hydrogens is 326 g/mol. The third-order valence-electron chi connectivity index (χ3n) is 4.87. The van der Waals surface area contributed by atoms with Crippen molar-refractivity contribution in [2.24, 2.45) is 0 Å². The number of ether oxygens (including phenoxy) is 1. The largest absolute Gasteiger partial charge is 0.494 e. The van der Waals surface area contributed by atoms with E-state index in [1.165, 1.54) is 25.3 Å². The second-order valence-corrected chi connectivity index (χ2v) is 6.55. The molecular formula is C21H28N3O2+. The predicted molar refractivity (Wildman–Crippen MR) is 105 cm³/mol. The fraction of sp³-hybridized carbons (Fsp3) is 0.381. The molecule has 1 aliphatic rings. The monoisotopic (exact) mass is 354 g/mol. The molecule has 0 radical (unpaired) electrons. The molecule has 2 N–H and O–H groups in total. The van der Waals surface area contributed by atoms with Gasteiger partial charge >= 0.3 is 0 Å². The van der Waals surface area contributed by atoms with Gasteiger partial charge in [0.2, 0.25) is 0 Å². The summed E-state index contributed by atoms with van der Waals surface area (Å²) in [6.07, 6.45) is 0. The number of nitrogens with one attached hydrogen (secondary N) is 2. The van der Waals surface area contributed by atoms with Crippen molar-refractivity contribution in [3.05, 3.63) is 54.1 Å². The Balaban J connectivity index is 1.60. The number of piperazine rings is 1. The van der Waals surface area contributed by atoms with Crippen molar-refractivity contribution in [3.63, 3.8) is 0 Å². The highest BCUT2D eigenvalue weighted by Gasteiger charge is 2.18. The van der Waals surface area contributed by atoms with Crippen LogP contribution in [0.15, 0.2) is 48.5 Å². The maximum atomic E-state index is 12.4. The van der Waals surface area contributed by atoms with Crippen LogP contribution in [0.3, 0.4) is 0 Å². The maximum absolute atomic E-state index is 12.4. The number of quaternary nitrogens is 1. The molecule has 1 amide bonds. The molecule has 0 bridgehead atoms. The summed E-state index contributed by atoms with van der Waals surface area (Å²) in [4.78, 5) is 16.5. The van der Waals surface area contributed by atoms with Crippen LogP contribution in [0.2, 0.25) is 0 Å². The number of amides is 1. The molecule has 0 saturated carbocycles. The topological polar surface area (TPSA) is 46.0 Å². The van der Waals surface area contributed by atoms with Crippen LogP contribution in [0.25, 0.3) is 0 Å². The molecule has 0 aromatic heterocycles. The third-order valence-corrected chi connectivity index (χ3v) is 4.87. The second-order valence-electron chi connectivity index (χ2n) is 6.55. The number of carbonyl (C=O) groups is 1. The molecule has 1 aliphatic heterocycles. The number of benzene rings is 2. The molecule has 5 nitrogen and oxygen atoms in total. The number of hydrogen-bond donors (Lipinski definition) is 2. The minimum Gasteiger partial charge on any atom is -0.494 e. The summed E-state index contributed by atoms with van der Waals surface area (Å²) >= 11 is 0. The lowest BCUT2D eigenvalue weighted by molar-refractivity contribution is -0.898. The van der Waals surface area contributed by atoms with Crippen LogP contribution in [0.4, 0.5) is 11.4 Å². The van der Waals surface area contributed by atoms with Crippen LogP contribution in [0, 0.1) is 0 Å². The molecule has 1 saturated heterocycles. The maximum Gasteiger partial charge on any atom is 0.255 e. The SMILES string of the molecule is CCOc1cccc(C(=O)Nc2ccc(N3CC[NH+](CC)CC3)cc2)c1. The van der Waals surface area contributed by atoms with Gasteiger partial charge in [0.15, 0.2) is 0 Å². The van der Waals surface area contributed by atoms with Gasteiger partial charge in [0.25, 0.3) is 5.91 Å². The molecule has 2 aromatic rings. The summed E-state index contributed by atoms with van der Waals surface area (Å²) in [5, 5.41) is 2.96. The predicted octanol–water partition coefficient (Wildman–Crippen LogP) is 2.06. The Morgan fingerprint density at radius 2 is 1.85 bits per heavy atom. The standard InChI is InChI=1S/C21H27N3O2/c1-3-23-12-14-24(15-13-23)19-10-8-18(9-11-19)22-21(25)17-6-5-7-20(16-17)26-4-2/h5-11,16H,3-4,12-15H2,1-2H3,(H,22,25)/p+1. The zero-order chi connectivity index (χ0) is 18.4. The average molecular weight is 354 g/mol. The quantitative estimate of drug-likeness (QED) is 0.835. The zero-order valence-electron chi connectivity index (χ0n) is 15.6. The molecule has 26 heavy (non-hydrogen) atoms. The van der Waals surface area contributed by atoms with Gasteiger partial charge in [0, 0.05) is 16.9 Å². The van der Waals surface area contributed by atoms with E-state index in [9.17, 15) is 4.79 Å². The normalized spacial score (nSPS) is 14.9. The van der Waals surface area contributed by atoms with Crippen molar-refractivity contribution >= 4 is 17.3 Å². The highest BCUT2D eigenvalue weighted by Crippen LogP contribution is 2.19. The Labute approximate surface area is 155 Å². The van der Waals surface area contributed by atoms with E-state index in [-0.39, 0.29) is 5.91 Å². The fourth-order valence-electron chi connectivity index (χ4n) is 3.29. The summed E-state index contributed by atoms with van der Waals surface area (Å²) in [5.74, 6) is 0.586. The van der Waals surface area contributed by atoms with Crippen molar-refractivity contribution in [2.75, 3.05) is 49.5 Å². The van der Waals surface area contributed by atoms with Gasteiger partial charge in [-0.3, -0.25) is 4.79 Å². The van der Waals surface area contributed by atoms with Crippen LogP contribution >= 0.6 is 0 Å². The van der Waals surface area contributed by atoms with E-state index < -0.39 is 0 Å². The van der Waals surface area contributed by atoms with Gasteiger partial charge in [-0.25, -0.2) is 0 Å². The smallest absolute Gasteiger partial charge is 0.255 e. The fourth-order valence-corrected chi connectivity index (χ4v) is 3.29. The van der Waals surface area contributed by atoms with Gasteiger partial charge in [0.05, 0.1) is 39.3 Å². The Hall–Kier alpha value is -2.53. The minimum atomic E-state index is -0.125. The van der Waals surface area contributed by atoms with E-state index >= 15 is 0 Å². The summed E-state index contributed by atoms with van der Waals surface area (Å²) in [5.41, 5.74) is 2.62. The van der Waals surface area contributed by atoms with E-state index in [0.29, 0.717) is 17.9 Å². The summed E-state index contributed by atoms with van der Waals surface area (Å²) in [7, 11) is 0. The highest BCUT2D eigenvalue weighted by atomic mass is 16.5. The number of hydrogen-bond acceptors (Lipinski definition) is 3. The first-order valence-electron chi connectivity index (χ1n) is 9.42. The summed E-state index contributed by atoms with van der Waals surface area (Å²) < 4.78 is 5.46. The molecule has 0 spiro atoms. The molecule has 5 heteroatoms. The number of rotatable bonds is 6. The number of likely N-dealkylation sites (N-methyl/N-ethyl adjacent to an activating group) is 1. The van der Waals surface area contributed by atoms with E-state index in [0.717, 1.165) is 18.8 Å². The summed E-state index contributed by atoms with van der Waals surface area (Å²) in [6.45, 7) is 10.5. The molecule has 0 atom stereocenters.